The zero-order chi connectivity index (χ0) is 27.3. The van der Waals surface area contributed by atoms with Gasteiger partial charge in [-0.05, 0) is 71.0 Å². The van der Waals surface area contributed by atoms with Gasteiger partial charge in [-0.1, -0.05) is 18.4 Å². The van der Waals surface area contributed by atoms with Crippen molar-refractivity contribution in [1.29, 1.82) is 0 Å². The first-order valence-corrected chi connectivity index (χ1v) is 14.0. The molecule has 5 N–H and O–H groups in total. The minimum atomic E-state index is -0.856. The van der Waals surface area contributed by atoms with Crippen molar-refractivity contribution in [2.75, 3.05) is 26.4 Å². The molecule has 0 aromatic carbocycles. The van der Waals surface area contributed by atoms with Crippen molar-refractivity contribution in [1.82, 2.24) is 23.7 Å². The molecule has 2 bridgehead atoms. The predicted molar refractivity (Wildman–Crippen MR) is 149 cm³/mol. The van der Waals surface area contributed by atoms with Gasteiger partial charge < -0.3 is 27.9 Å². The van der Waals surface area contributed by atoms with Gasteiger partial charge in [-0.15, -0.1) is 0 Å². The smallest absolute Gasteiger partial charge is 0.278 e. The summed E-state index contributed by atoms with van der Waals surface area (Å²) in [5.41, 5.74) is 0.778. The van der Waals surface area contributed by atoms with Gasteiger partial charge in [0.05, 0.1) is 11.6 Å². The second-order valence-corrected chi connectivity index (χ2v) is 11.1. The molecule has 4 heterocycles. The van der Waals surface area contributed by atoms with Crippen molar-refractivity contribution in [3.8, 4) is 0 Å². The normalized spacial score (nSPS) is 21.1. The summed E-state index contributed by atoms with van der Waals surface area (Å²) in [7, 11) is 1.99. The Kier molecular flexibility index (Phi) is 14.9. The van der Waals surface area contributed by atoms with Gasteiger partial charge in [0.15, 0.2) is 0 Å². The van der Waals surface area contributed by atoms with Crippen molar-refractivity contribution in [2.24, 2.45) is 0 Å². The van der Waals surface area contributed by atoms with Crippen LogP contribution in [0.4, 0.5) is 0 Å². The summed E-state index contributed by atoms with van der Waals surface area (Å²) in [5.74, 6) is -1.14. The third-order valence-corrected chi connectivity index (χ3v) is 7.86. The van der Waals surface area contributed by atoms with Crippen LogP contribution in [0.1, 0.15) is 62.4 Å². The van der Waals surface area contributed by atoms with Gasteiger partial charge in [0.2, 0.25) is 0 Å². The van der Waals surface area contributed by atoms with Gasteiger partial charge in [0, 0.05) is 76.2 Å². The monoisotopic (exact) mass is 641 g/mol. The van der Waals surface area contributed by atoms with E-state index in [4.69, 9.17) is 5.11 Å². The first kappa shape index (κ1) is 35.8. The molecule has 0 spiro atoms. The number of piperidine rings is 1. The predicted octanol–water partition coefficient (Wildman–Crippen LogP) is 1.45. The quantitative estimate of drug-likeness (QED) is 0.275. The first-order valence-electron chi connectivity index (χ1n) is 12.8. The summed E-state index contributed by atoms with van der Waals surface area (Å²) in [6.07, 6.45) is 7.35. The van der Waals surface area contributed by atoms with Crippen LogP contribution in [-0.4, -0.2) is 96.6 Å². The number of aromatic nitrogens is 2. The number of aliphatic hydroxyl groups is 1. The minimum absolute atomic E-state index is 0. The van der Waals surface area contributed by atoms with Crippen LogP contribution in [0.3, 0.4) is 0 Å². The molecule has 39 heavy (non-hydrogen) atoms. The number of carbonyl (C=O) groups excluding carboxylic acids is 1. The molecule has 2 saturated heterocycles. The van der Waals surface area contributed by atoms with Crippen molar-refractivity contribution >= 4 is 29.3 Å². The van der Waals surface area contributed by atoms with Gasteiger partial charge in [-0.3, -0.25) is 28.1 Å². The average Bonchev–Trinajstić information content (AvgIpc) is 3.39. The van der Waals surface area contributed by atoms with Gasteiger partial charge in [-0.2, -0.15) is 0 Å². The van der Waals surface area contributed by atoms with Crippen molar-refractivity contribution in [3.05, 3.63) is 47.2 Å². The van der Waals surface area contributed by atoms with Crippen LogP contribution in [0.15, 0.2) is 29.2 Å². The number of carboxylic acids is 1. The van der Waals surface area contributed by atoms with Gasteiger partial charge in [-0.25, -0.2) is 4.68 Å². The second-order valence-electron chi connectivity index (χ2n) is 10.1. The number of hydrogen-bond donors (Lipinski definition) is 3. The number of aliphatic carboxylic acids is 1. The van der Waals surface area contributed by atoms with E-state index >= 15 is 0 Å². The van der Waals surface area contributed by atoms with E-state index in [0.717, 1.165) is 31.2 Å². The first-order chi connectivity index (χ1) is 17.5. The van der Waals surface area contributed by atoms with Crippen LogP contribution in [0, 0.1) is 6.92 Å². The number of fused-ring (bicyclic) bond motifs is 3. The fourth-order valence-electron chi connectivity index (χ4n) is 5.40. The molecule has 2 aliphatic rings. The number of amides is 1. The summed E-state index contributed by atoms with van der Waals surface area (Å²) < 4.78 is 5.48. The standard InChI is InChI=1S/C23H35N5O3S.C3H5O2.H2O.Y/c1-15(2)28-23(31)21(12-19-6-5-9-27(19)28)22(30)24-16-10-17-7-8-18(11-16)26(17)14-20(29)13-25(3)32-4;1-2-3(4)5;;/h5-6,9,12,15-18,20,29H,7-8,10-11,13-14H2,1-4H3,(H,24,30);1-2H2,(H,4,5);1H2;/q;-1;;. The van der Waals surface area contributed by atoms with Crippen molar-refractivity contribution < 1.29 is 58.0 Å². The summed E-state index contributed by atoms with van der Waals surface area (Å²) >= 11 is 1.62. The van der Waals surface area contributed by atoms with E-state index in [1.54, 1.807) is 22.7 Å². The maximum absolute atomic E-state index is 13.1. The molecule has 0 aliphatic carbocycles. The fraction of sp³-hybridized carbons (Fsp3) is 0.615. The molecule has 2 fully saturated rings. The van der Waals surface area contributed by atoms with Crippen LogP contribution >= 0.6 is 11.9 Å². The van der Waals surface area contributed by atoms with Crippen LogP contribution in [0.25, 0.3) is 5.52 Å². The Morgan fingerprint density at radius 2 is 1.85 bits per heavy atom. The molecule has 0 saturated carbocycles. The Bertz CT molecular complexity index is 1130. The molecule has 2 aromatic heterocycles. The zero-order valence-corrected chi connectivity index (χ0v) is 26.9. The molecule has 3 atom stereocenters. The molecule has 11 nitrogen and oxygen atoms in total. The third-order valence-electron chi connectivity index (χ3n) is 7.09. The largest absolute Gasteiger partial charge is 0.483 e. The fourth-order valence-corrected chi connectivity index (χ4v) is 5.72. The van der Waals surface area contributed by atoms with E-state index in [9.17, 15) is 19.5 Å². The Labute approximate surface area is 259 Å². The topological polar surface area (TPSA) is 151 Å². The molecule has 2 aliphatic heterocycles. The SMILES string of the molecule is CSN(C)CC(O)CN1C2CCC1CC(NC(=O)c1cc3cccn3n(C(C)C)c1=O)C2.O.[CH2-]CC(=O)O.[Y]. The second kappa shape index (κ2) is 16.2. The summed E-state index contributed by atoms with van der Waals surface area (Å²) in [6, 6.07) is 6.22. The van der Waals surface area contributed by atoms with E-state index < -0.39 is 5.97 Å². The molecule has 4 rings (SSSR count). The Morgan fingerprint density at radius 3 is 2.36 bits per heavy atom. The van der Waals surface area contributed by atoms with Crippen LogP contribution in [0.5, 0.6) is 0 Å². The third kappa shape index (κ3) is 9.11. The van der Waals surface area contributed by atoms with Gasteiger partial charge in [0.25, 0.3) is 17.4 Å². The molecule has 2 aromatic rings. The van der Waals surface area contributed by atoms with E-state index in [1.165, 1.54) is 0 Å². The molecule has 1 amide bonds. The van der Waals surface area contributed by atoms with Crippen LogP contribution in [-0.2, 0) is 37.5 Å². The summed E-state index contributed by atoms with van der Waals surface area (Å²) in [4.78, 5) is 37.9. The van der Waals surface area contributed by atoms with E-state index in [1.807, 2.05) is 54.3 Å². The molecular formula is C26H42N5O6SY-. The van der Waals surface area contributed by atoms with E-state index in [2.05, 4.69) is 17.1 Å². The van der Waals surface area contributed by atoms with Crippen LogP contribution in [0.2, 0.25) is 0 Å². The number of carboxylic acid groups (broad SMARTS) is 1. The molecule has 13 heteroatoms. The van der Waals surface area contributed by atoms with Crippen molar-refractivity contribution in [2.45, 2.75) is 76.2 Å². The summed E-state index contributed by atoms with van der Waals surface area (Å²) in [6.45, 7) is 8.29. The van der Waals surface area contributed by atoms with E-state index in [-0.39, 0.29) is 79.8 Å². The molecule has 1 radical (unpaired) electrons. The Hall–Kier alpha value is -1.28. The maximum Gasteiger partial charge on any atom is 0.278 e. The number of carbonyl (C=O) groups is 2. The van der Waals surface area contributed by atoms with Gasteiger partial charge >= 0.3 is 0 Å². The number of nitrogens with zero attached hydrogens (tertiary/aromatic N) is 4. The number of rotatable bonds is 9. The molecule has 217 valence electrons. The number of nitrogens with one attached hydrogen (secondary N) is 1. The molecular weight excluding hydrogens is 599 g/mol. The van der Waals surface area contributed by atoms with Crippen LogP contribution < -0.4 is 10.9 Å². The average molecular weight is 642 g/mol. The Morgan fingerprint density at radius 1 is 1.26 bits per heavy atom. The number of aliphatic hydroxyl groups excluding tert-OH is 1. The van der Waals surface area contributed by atoms with E-state index in [0.29, 0.717) is 25.2 Å². The number of hydrogen-bond acceptors (Lipinski definition) is 7. The summed E-state index contributed by atoms with van der Waals surface area (Å²) in [5, 5.41) is 21.3. The minimum Gasteiger partial charge on any atom is -0.483 e. The Balaban J connectivity index is 0.000000998. The zero-order valence-electron chi connectivity index (χ0n) is 23.2. The number of likely N-dealkylation sites (N-methyl/N-ethyl adjacent to an activating group) is 1. The molecule has 3 unspecified atom stereocenters. The van der Waals surface area contributed by atoms with Gasteiger partial charge in [0.1, 0.15) is 5.56 Å². The van der Waals surface area contributed by atoms with Crippen molar-refractivity contribution in [3.63, 3.8) is 0 Å². The maximum atomic E-state index is 13.1.